The van der Waals surface area contributed by atoms with Gasteiger partial charge >= 0.3 is 0 Å². The van der Waals surface area contributed by atoms with Crippen molar-refractivity contribution in [2.45, 2.75) is 13.5 Å². The third kappa shape index (κ3) is 5.41. The number of aromatic amines is 1. The van der Waals surface area contributed by atoms with E-state index in [2.05, 4.69) is 20.8 Å². The number of hydrogen-bond acceptors (Lipinski definition) is 6. The van der Waals surface area contributed by atoms with Gasteiger partial charge in [-0.15, -0.1) is 0 Å². The van der Waals surface area contributed by atoms with Crippen molar-refractivity contribution in [3.05, 3.63) is 94.8 Å². The van der Waals surface area contributed by atoms with Gasteiger partial charge in [-0.3, -0.25) is 0 Å². The van der Waals surface area contributed by atoms with Crippen LogP contribution in [0.3, 0.4) is 0 Å². The van der Waals surface area contributed by atoms with Crippen molar-refractivity contribution < 1.29 is 9.47 Å². The summed E-state index contributed by atoms with van der Waals surface area (Å²) in [5.74, 6) is 2.23. The molecule has 32 heavy (non-hydrogen) atoms. The van der Waals surface area contributed by atoms with Gasteiger partial charge in [-0.25, -0.2) is 10.6 Å². The number of aromatic nitrogens is 3. The minimum atomic E-state index is 0.413. The van der Waals surface area contributed by atoms with Crippen molar-refractivity contribution in [1.29, 1.82) is 0 Å². The minimum absolute atomic E-state index is 0.413. The van der Waals surface area contributed by atoms with Gasteiger partial charge < -0.3 is 9.47 Å². The summed E-state index contributed by atoms with van der Waals surface area (Å²) in [4.78, 5) is 0. The molecule has 0 amide bonds. The zero-order chi connectivity index (χ0) is 22.2. The Morgan fingerprint density at radius 2 is 1.66 bits per heavy atom. The van der Waals surface area contributed by atoms with E-state index in [1.165, 1.54) is 0 Å². The molecule has 0 fully saturated rings. The quantitative estimate of drug-likeness (QED) is 0.211. The number of hydrazone groups is 1. The Balaban J connectivity index is 1.39. The topological polar surface area (TPSA) is 76.5 Å². The fraction of sp³-hybridized carbons (Fsp3) is 0.125. The Labute approximate surface area is 191 Å². The number of benzene rings is 3. The van der Waals surface area contributed by atoms with E-state index < -0.39 is 0 Å². The van der Waals surface area contributed by atoms with E-state index in [-0.39, 0.29) is 0 Å². The zero-order valence-electron chi connectivity index (χ0n) is 17.6. The number of rotatable bonds is 9. The molecule has 0 atom stereocenters. The van der Waals surface area contributed by atoms with E-state index in [4.69, 9.17) is 21.7 Å². The molecule has 0 unspecified atom stereocenters. The van der Waals surface area contributed by atoms with Gasteiger partial charge in [0, 0.05) is 5.56 Å². The molecule has 0 bridgehead atoms. The maximum absolute atomic E-state index is 5.82. The lowest BCUT2D eigenvalue weighted by Crippen LogP contribution is -2.10. The lowest BCUT2D eigenvalue weighted by atomic mass is 10.2. The molecule has 0 aliphatic carbocycles. The number of nitrogens with zero attached hydrogens (tertiary/aromatic N) is 3. The Morgan fingerprint density at radius 1 is 0.969 bits per heavy atom. The molecule has 0 saturated heterocycles. The first-order valence-electron chi connectivity index (χ1n) is 10.2. The summed E-state index contributed by atoms with van der Waals surface area (Å²) < 4.78 is 13.3. The Morgan fingerprint density at radius 3 is 2.38 bits per heavy atom. The smallest absolute Gasteiger partial charge is 0.216 e. The maximum atomic E-state index is 5.82. The molecule has 0 radical (unpaired) electrons. The Bertz CT molecular complexity index is 1220. The highest BCUT2D eigenvalue weighted by atomic mass is 32.1. The van der Waals surface area contributed by atoms with E-state index in [1.807, 2.05) is 85.8 Å². The lowest BCUT2D eigenvalue weighted by Gasteiger charge is -2.07. The summed E-state index contributed by atoms with van der Waals surface area (Å²) in [5, 5.41) is 11.4. The van der Waals surface area contributed by atoms with Crippen LogP contribution in [0.5, 0.6) is 11.5 Å². The predicted octanol–water partition coefficient (Wildman–Crippen LogP) is 5.16. The predicted molar refractivity (Wildman–Crippen MR) is 128 cm³/mol. The third-order valence-electron chi connectivity index (χ3n) is 4.60. The second kappa shape index (κ2) is 10.4. The van der Waals surface area contributed by atoms with Gasteiger partial charge in [-0.05, 0) is 78.8 Å². The normalized spacial score (nSPS) is 10.9. The van der Waals surface area contributed by atoms with Crippen molar-refractivity contribution in [3.63, 3.8) is 0 Å². The van der Waals surface area contributed by atoms with Gasteiger partial charge in [0.15, 0.2) is 5.82 Å². The lowest BCUT2D eigenvalue weighted by molar-refractivity contribution is 0.306. The maximum Gasteiger partial charge on any atom is 0.216 e. The molecule has 4 aromatic rings. The van der Waals surface area contributed by atoms with E-state index in [1.54, 1.807) is 10.9 Å². The van der Waals surface area contributed by atoms with E-state index in [0.29, 0.717) is 23.8 Å². The molecular formula is C24H23N5O2S. The van der Waals surface area contributed by atoms with Crippen LogP contribution < -0.4 is 15.0 Å². The summed E-state index contributed by atoms with van der Waals surface area (Å²) in [5.41, 5.74) is 5.86. The molecule has 0 aliphatic rings. The summed E-state index contributed by atoms with van der Waals surface area (Å²) >= 11 is 5.32. The molecule has 162 valence electrons. The summed E-state index contributed by atoms with van der Waals surface area (Å²) in [6, 6.07) is 25.4. The van der Waals surface area contributed by atoms with Crippen LogP contribution in [0.4, 0.5) is 0 Å². The van der Waals surface area contributed by atoms with Crippen LogP contribution in [0, 0.1) is 4.77 Å². The van der Waals surface area contributed by atoms with Crippen LogP contribution in [-0.4, -0.2) is 27.7 Å². The number of hydrogen-bond donors (Lipinski definition) is 2. The summed E-state index contributed by atoms with van der Waals surface area (Å²) in [6.07, 6.45) is 1.71. The highest BCUT2D eigenvalue weighted by Crippen LogP contribution is 2.20. The van der Waals surface area contributed by atoms with Crippen LogP contribution >= 0.6 is 12.2 Å². The standard InChI is InChI=1S/C24H23N5O2S/c1-2-30-21-14-10-20(11-15-21)23-26-27-24(32)29(23)28-25-16-18-8-12-22(13-9-18)31-17-19-6-4-3-5-7-19/h3-16,28H,2,17H2,1H3,(H,27,32). The Kier molecular flexibility index (Phi) is 6.94. The van der Waals surface area contributed by atoms with Gasteiger partial charge in [-0.1, -0.05) is 30.3 Å². The van der Waals surface area contributed by atoms with Gasteiger partial charge in [0.25, 0.3) is 0 Å². The average Bonchev–Trinajstić information content (AvgIpc) is 3.20. The van der Waals surface area contributed by atoms with Gasteiger partial charge in [-0.2, -0.15) is 14.9 Å². The van der Waals surface area contributed by atoms with Crippen molar-refractivity contribution >= 4 is 18.4 Å². The first kappa shape index (κ1) is 21.3. The van der Waals surface area contributed by atoms with Crippen LogP contribution in [0.25, 0.3) is 11.4 Å². The van der Waals surface area contributed by atoms with Gasteiger partial charge in [0.05, 0.1) is 12.8 Å². The molecular weight excluding hydrogens is 422 g/mol. The van der Waals surface area contributed by atoms with E-state index >= 15 is 0 Å². The SMILES string of the molecule is CCOc1ccc(-c2n[nH]c(=S)n2NN=Cc2ccc(OCc3ccccc3)cc2)cc1. The summed E-state index contributed by atoms with van der Waals surface area (Å²) in [6.45, 7) is 3.10. The van der Waals surface area contributed by atoms with Gasteiger partial charge in [0.2, 0.25) is 4.77 Å². The number of nitrogens with one attached hydrogen (secondary N) is 2. The highest BCUT2D eigenvalue weighted by Gasteiger charge is 2.08. The fourth-order valence-corrected chi connectivity index (χ4v) is 3.18. The average molecular weight is 446 g/mol. The number of H-pyrrole nitrogens is 1. The fourth-order valence-electron chi connectivity index (χ4n) is 3.00. The van der Waals surface area contributed by atoms with Crippen LogP contribution in [0.1, 0.15) is 18.1 Å². The molecule has 1 heterocycles. The molecule has 2 N–H and O–H groups in total. The Hall–Kier alpha value is -3.91. The second-order valence-corrected chi connectivity index (χ2v) is 7.23. The van der Waals surface area contributed by atoms with E-state index in [0.717, 1.165) is 28.2 Å². The van der Waals surface area contributed by atoms with Crippen molar-refractivity contribution in [2.24, 2.45) is 5.10 Å². The minimum Gasteiger partial charge on any atom is -0.494 e. The molecule has 0 aliphatic heterocycles. The second-order valence-electron chi connectivity index (χ2n) is 6.85. The van der Waals surface area contributed by atoms with E-state index in [9.17, 15) is 0 Å². The van der Waals surface area contributed by atoms with Gasteiger partial charge in [0.1, 0.15) is 18.1 Å². The molecule has 3 aromatic carbocycles. The third-order valence-corrected chi connectivity index (χ3v) is 4.87. The first-order chi connectivity index (χ1) is 15.7. The summed E-state index contributed by atoms with van der Waals surface area (Å²) in [7, 11) is 0. The number of ether oxygens (including phenoxy) is 2. The monoisotopic (exact) mass is 445 g/mol. The molecule has 0 spiro atoms. The van der Waals surface area contributed by atoms with Crippen molar-refractivity contribution in [3.8, 4) is 22.9 Å². The van der Waals surface area contributed by atoms with Crippen LogP contribution in [0.15, 0.2) is 84.0 Å². The molecule has 0 saturated carbocycles. The molecule has 1 aromatic heterocycles. The molecule has 7 nitrogen and oxygen atoms in total. The van der Waals surface area contributed by atoms with Crippen molar-refractivity contribution in [1.82, 2.24) is 14.9 Å². The van der Waals surface area contributed by atoms with Crippen molar-refractivity contribution in [2.75, 3.05) is 12.1 Å². The van der Waals surface area contributed by atoms with Crippen LogP contribution in [-0.2, 0) is 6.61 Å². The molecule has 8 heteroatoms. The zero-order valence-corrected chi connectivity index (χ0v) is 18.4. The highest BCUT2D eigenvalue weighted by molar-refractivity contribution is 7.71. The first-order valence-corrected chi connectivity index (χ1v) is 10.6. The van der Waals surface area contributed by atoms with Crippen LogP contribution in [0.2, 0.25) is 0 Å². The largest absolute Gasteiger partial charge is 0.494 e. The molecule has 4 rings (SSSR count).